The van der Waals surface area contributed by atoms with Crippen molar-refractivity contribution >= 4 is 11.9 Å². The first-order chi connectivity index (χ1) is 11.5. The Balaban J connectivity index is 1.59. The molecule has 0 fully saturated rings. The normalized spacial score (nSPS) is 13.0. The standard InChI is InChI=1S/C20H21NO3/c1-13(20(23)24)21-19(22)8-4-5-14-9-10-16-12-15-6-2-3-7-17(15)18(16)11-14/h2-3,6-7,9-11,13H,4-5,8,12H2,1H3,(H,21,22)(H,23,24)/t13-/m0/s1. The first-order valence-corrected chi connectivity index (χ1v) is 8.27. The number of carboxylic acid groups (broad SMARTS) is 1. The fourth-order valence-corrected chi connectivity index (χ4v) is 3.15. The van der Waals surface area contributed by atoms with Crippen molar-refractivity contribution in [1.29, 1.82) is 0 Å². The van der Waals surface area contributed by atoms with Crippen molar-refractivity contribution in [3.8, 4) is 11.1 Å². The van der Waals surface area contributed by atoms with Crippen LogP contribution in [-0.4, -0.2) is 23.0 Å². The number of aliphatic carboxylic acids is 1. The van der Waals surface area contributed by atoms with Gasteiger partial charge in [0.05, 0.1) is 0 Å². The molecule has 1 aliphatic rings. The van der Waals surface area contributed by atoms with Gasteiger partial charge in [-0.3, -0.25) is 9.59 Å². The molecule has 2 aromatic carbocycles. The second-order valence-corrected chi connectivity index (χ2v) is 6.31. The van der Waals surface area contributed by atoms with Crippen LogP contribution in [0.2, 0.25) is 0 Å². The highest BCUT2D eigenvalue weighted by Gasteiger charge is 2.18. The highest BCUT2D eigenvalue weighted by Crippen LogP contribution is 2.36. The number of benzene rings is 2. The molecular formula is C20H21NO3. The molecule has 3 rings (SSSR count). The first kappa shape index (κ1) is 16.2. The lowest BCUT2D eigenvalue weighted by atomic mass is 10.00. The predicted octanol–water partition coefficient (Wildman–Crippen LogP) is 3.17. The predicted molar refractivity (Wildman–Crippen MR) is 92.9 cm³/mol. The van der Waals surface area contributed by atoms with E-state index in [-0.39, 0.29) is 5.91 Å². The van der Waals surface area contributed by atoms with E-state index in [4.69, 9.17) is 5.11 Å². The van der Waals surface area contributed by atoms with E-state index in [0.29, 0.717) is 12.8 Å². The van der Waals surface area contributed by atoms with E-state index in [9.17, 15) is 9.59 Å². The van der Waals surface area contributed by atoms with E-state index in [2.05, 4.69) is 47.8 Å². The van der Waals surface area contributed by atoms with E-state index >= 15 is 0 Å². The van der Waals surface area contributed by atoms with Crippen LogP contribution in [0.4, 0.5) is 0 Å². The second-order valence-electron chi connectivity index (χ2n) is 6.31. The van der Waals surface area contributed by atoms with Gasteiger partial charge >= 0.3 is 5.97 Å². The summed E-state index contributed by atoms with van der Waals surface area (Å²) in [5.74, 6) is -1.22. The molecule has 0 heterocycles. The number of amides is 1. The minimum Gasteiger partial charge on any atom is -0.480 e. The smallest absolute Gasteiger partial charge is 0.325 e. The lowest BCUT2D eigenvalue weighted by Gasteiger charge is -2.09. The van der Waals surface area contributed by atoms with Crippen molar-refractivity contribution in [2.45, 2.75) is 38.6 Å². The first-order valence-electron chi connectivity index (χ1n) is 8.27. The van der Waals surface area contributed by atoms with Crippen LogP contribution in [0.15, 0.2) is 42.5 Å². The molecule has 1 aliphatic carbocycles. The van der Waals surface area contributed by atoms with Crippen LogP contribution in [0.1, 0.15) is 36.5 Å². The van der Waals surface area contributed by atoms with Crippen LogP contribution in [0.5, 0.6) is 0 Å². The van der Waals surface area contributed by atoms with Crippen molar-refractivity contribution in [1.82, 2.24) is 5.32 Å². The Morgan fingerprint density at radius 1 is 1.12 bits per heavy atom. The van der Waals surface area contributed by atoms with Crippen molar-refractivity contribution in [3.05, 3.63) is 59.2 Å². The van der Waals surface area contributed by atoms with Crippen molar-refractivity contribution < 1.29 is 14.7 Å². The van der Waals surface area contributed by atoms with Crippen LogP contribution in [0, 0.1) is 0 Å². The Hall–Kier alpha value is -2.62. The number of carbonyl (C=O) groups is 2. The van der Waals surface area contributed by atoms with Gasteiger partial charge in [0.2, 0.25) is 5.91 Å². The van der Waals surface area contributed by atoms with Crippen LogP contribution in [-0.2, 0) is 22.4 Å². The topological polar surface area (TPSA) is 66.4 Å². The number of aryl methyl sites for hydroxylation is 1. The molecule has 0 aliphatic heterocycles. The summed E-state index contributed by atoms with van der Waals surface area (Å²) >= 11 is 0. The van der Waals surface area contributed by atoms with Crippen LogP contribution < -0.4 is 5.32 Å². The fraction of sp³-hybridized carbons (Fsp3) is 0.300. The monoisotopic (exact) mass is 323 g/mol. The molecule has 0 saturated carbocycles. The maximum atomic E-state index is 11.7. The second kappa shape index (κ2) is 6.87. The Labute approximate surface area is 141 Å². The van der Waals surface area contributed by atoms with Gasteiger partial charge in [0, 0.05) is 6.42 Å². The molecule has 24 heavy (non-hydrogen) atoms. The summed E-state index contributed by atoms with van der Waals surface area (Å²) in [7, 11) is 0. The van der Waals surface area contributed by atoms with Gasteiger partial charge in [0.1, 0.15) is 6.04 Å². The third-order valence-corrected chi connectivity index (χ3v) is 4.48. The van der Waals surface area contributed by atoms with Gasteiger partial charge in [-0.1, -0.05) is 42.5 Å². The minimum atomic E-state index is -1.01. The number of rotatable bonds is 6. The molecule has 0 saturated heterocycles. The van der Waals surface area contributed by atoms with Gasteiger partial charge < -0.3 is 10.4 Å². The lowest BCUT2D eigenvalue weighted by Crippen LogP contribution is -2.38. The van der Waals surface area contributed by atoms with Crippen molar-refractivity contribution in [2.24, 2.45) is 0 Å². The largest absolute Gasteiger partial charge is 0.480 e. The lowest BCUT2D eigenvalue weighted by molar-refractivity contribution is -0.141. The molecule has 2 N–H and O–H groups in total. The molecule has 0 bridgehead atoms. The Morgan fingerprint density at radius 3 is 2.67 bits per heavy atom. The summed E-state index contributed by atoms with van der Waals surface area (Å²) in [5.41, 5.74) is 6.54. The van der Waals surface area contributed by atoms with E-state index in [1.54, 1.807) is 0 Å². The van der Waals surface area contributed by atoms with Crippen LogP contribution in [0.3, 0.4) is 0 Å². The zero-order valence-electron chi connectivity index (χ0n) is 13.7. The summed E-state index contributed by atoms with van der Waals surface area (Å²) in [5, 5.41) is 11.3. The minimum absolute atomic E-state index is 0.212. The third-order valence-electron chi connectivity index (χ3n) is 4.48. The number of nitrogens with one attached hydrogen (secondary N) is 1. The molecule has 4 heteroatoms. The van der Waals surface area contributed by atoms with E-state index in [1.807, 2.05) is 0 Å². The molecule has 124 valence electrons. The van der Waals surface area contributed by atoms with Gasteiger partial charge in [0.25, 0.3) is 0 Å². The van der Waals surface area contributed by atoms with Crippen LogP contribution >= 0.6 is 0 Å². The molecule has 0 aromatic heterocycles. The SMILES string of the molecule is C[C@H](NC(=O)CCCc1ccc2c(c1)-c1ccccc1C2)C(=O)O. The molecule has 0 unspecified atom stereocenters. The maximum absolute atomic E-state index is 11.7. The average molecular weight is 323 g/mol. The number of hydrogen-bond acceptors (Lipinski definition) is 2. The number of hydrogen-bond donors (Lipinski definition) is 2. The fourth-order valence-electron chi connectivity index (χ4n) is 3.15. The summed E-state index contributed by atoms with van der Waals surface area (Å²) < 4.78 is 0. The molecule has 2 aromatic rings. The zero-order chi connectivity index (χ0) is 17.1. The molecule has 1 amide bonds. The average Bonchev–Trinajstić information content (AvgIpc) is 2.92. The van der Waals surface area contributed by atoms with Crippen LogP contribution in [0.25, 0.3) is 11.1 Å². The Kier molecular flexibility index (Phi) is 4.65. The molecular weight excluding hydrogens is 302 g/mol. The van der Waals surface area contributed by atoms with Crippen molar-refractivity contribution in [3.63, 3.8) is 0 Å². The number of carboxylic acids is 1. The molecule has 0 spiro atoms. The Bertz CT molecular complexity index is 782. The number of carbonyl (C=O) groups excluding carboxylic acids is 1. The van der Waals surface area contributed by atoms with Gasteiger partial charge in [-0.25, -0.2) is 0 Å². The third kappa shape index (κ3) is 3.48. The highest BCUT2D eigenvalue weighted by molar-refractivity contribution is 5.83. The maximum Gasteiger partial charge on any atom is 0.325 e. The highest BCUT2D eigenvalue weighted by atomic mass is 16.4. The van der Waals surface area contributed by atoms with Crippen molar-refractivity contribution in [2.75, 3.05) is 0 Å². The molecule has 0 radical (unpaired) electrons. The molecule has 4 nitrogen and oxygen atoms in total. The van der Waals surface area contributed by atoms with Gasteiger partial charge in [-0.2, -0.15) is 0 Å². The Morgan fingerprint density at radius 2 is 1.88 bits per heavy atom. The van der Waals surface area contributed by atoms with E-state index in [1.165, 1.54) is 34.7 Å². The summed E-state index contributed by atoms with van der Waals surface area (Å²) in [4.78, 5) is 22.4. The van der Waals surface area contributed by atoms with Gasteiger partial charge in [0.15, 0.2) is 0 Å². The zero-order valence-corrected chi connectivity index (χ0v) is 13.7. The summed E-state index contributed by atoms with van der Waals surface area (Å²) in [6, 6.07) is 14.2. The summed E-state index contributed by atoms with van der Waals surface area (Å²) in [6.07, 6.45) is 2.84. The quantitative estimate of drug-likeness (QED) is 0.732. The number of fused-ring (bicyclic) bond motifs is 3. The summed E-state index contributed by atoms with van der Waals surface area (Å²) in [6.45, 7) is 1.47. The molecule has 1 atom stereocenters. The van der Waals surface area contributed by atoms with E-state index < -0.39 is 12.0 Å². The van der Waals surface area contributed by atoms with E-state index in [0.717, 1.165) is 12.8 Å². The van der Waals surface area contributed by atoms with Gasteiger partial charge in [-0.15, -0.1) is 0 Å². The van der Waals surface area contributed by atoms with Gasteiger partial charge in [-0.05, 0) is 54.0 Å².